The second-order valence-electron chi connectivity index (χ2n) is 1.26. The summed E-state index contributed by atoms with van der Waals surface area (Å²) in [6.07, 6.45) is 0. The molecule has 2 heteroatoms. The standard InChI is InChI=1S/C6H5S.C2H6.CH3.Y/c7-6-4-2-1-3-5-6;1-2;;/h2-5,7H;1-2H3;1H3;/q-1;;-1;. The molecular formula is C9H14SY-2. The number of rotatable bonds is 0. The second kappa shape index (κ2) is 13.3. The van der Waals surface area contributed by atoms with Crippen molar-refractivity contribution in [2.45, 2.75) is 18.7 Å². The van der Waals surface area contributed by atoms with Gasteiger partial charge >= 0.3 is 0 Å². The molecule has 0 heterocycles. The van der Waals surface area contributed by atoms with Gasteiger partial charge in [0.25, 0.3) is 0 Å². The summed E-state index contributed by atoms with van der Waals surface area (Å²) in [5.41, 5.74) is 0. The van der Waals surface area contributed by atoms with E-state index >= 15 is 0 Å². The van der Waals surface area contributed by atoms with Crippen molar-refractivity contribution >= 4 is 12.6 Å². The molecule has 0 unspecified atom stereocenters. The van der Waals surface area contributed by atoms with E-state index in [-0.39, 0.29) is 40.1 Å². The van der Waals surface area contributed by atoms with Crippen LogP contribution in [0.25, 0.3) is 0 Å². The Morgan fingerprint density at radius 2 is 1.55 bits per heavy atom. The molecule has 0 saturated carbocycles. The topological polar surface area (TPSA) is 0 Å². The van der Waals surface area contributed by atoms with Gasteiger partial charge in [-0.1, -0.05) is 13.8 Å². The largest absolute Gasteiger partial charge is 0.358 e. The first-order chi connectivity index (χ1) is 4.39. The van der Waals surface area contributed by atoms with Crippen LogP contribution < -0.4 is 0 Å². The smallest absolute Gasteiger partial charge is 0 e. The Labute approximate surface area is 101 Å². The molecule has 0 aliphatic rings. The van der Waals surface area contributed by atoms with Gasteiger partial charge < -0.3 is 7.43 Å². The molecule has 11 heavy (non-hydrogen) atoms. The number of hydrogen-bond donors (Lipinski definition) is 1. The second-order valence-corrected chi connectivity index (χ2v) is 1.77. The molecule has 0 aliphatic heterocycles. The summed E-state index contributed by atoms with van der Waals surface area (Å²) in [5, 5.41) is 0. The molecule has 0 nitrogen and oxygen atoms in total. The fraction of sp³-hybridized carbons (Fsp3) is 0.222. The summed E-state index contributed by atoms with van der Waals surface area (Å²) in [6, 6.07) is 10.3. The van der Waals surface area contributed by atoms with E-state index < -0.39 is 0 Å². The van der Waals surface area contributed by atoms with Gasteiger partial charge in [-0.15, -0.1) is 4.90 Å². The average Bonchev–Trinajstić information content (AvgIpc) is 1.94. The van der Waals surface area contributed by atoms with Gasteiger partial charge in [0.2, 0.25) is 0 Å². The molecule has 1 aromatic rings. The first kappa shape index (κ1) is 17.7. The Bertz CT molecular complexity index is 139. The van der Waals surface area contributed by atoms with Crippen molar-refractivity contribution in [1.82, 2.24) is 0 Å². The van der Waals surface area contributed by atoms with Crippen molar-refractivity contribution in [1.29, 1.82) is 0 Å². The maximum absolute atomic E-state index is 4.06. The predicted octanol–water partition coefficient (Wildman–Crippen LogP) is 3.25. The molecule has 0 atom stereocenters. The molecule has 0 aliphatic carbocycles. The van der Waals surface area contributed by atoms with Crippen LogP contribution in [0.5, 0.6) is 0 Å². The molecule has 0 spiro atoms. The first-order valence-electron chi connectivity index (χ1n) is 3.04. The van der Waals surface area contributed by atoms with E-state index in [1.165, 1.54) is 0 Å². The van der Waals surface area contributed by atoms with Crippen LogP contribution in [0.3, 0.4) is 0 Å². The van der Waals surface area contributed by atoms with Gasteiger partial charge in [-0.25, -0.2) is 0 Å². The Balaban J connectivity index is -0.000000149. The number of hydrogen-bond acceptors (Lipinski definition) is 1. The molecule has 0 fully saturated rings. The van der Waals surface area contributed by atoms with E-state index in [4.69, 9.17) is 0 Å². The van der Waals surface area contributed by atoms with Gasteiger partial charge in [-0.05, 0) is 0 Å². The quantitative estimate of drug-likeness (QED) is 0.524. The summed E-state index contributed by atoms with van der Waals surface area (Å²) in [7, 11) is 0. The van der Waals surface area contributed by atoms with Crippen molar-refractivity contribution in [3.8, 4) is 0 Å². The summed E-state index contributed by atoms with van der Waals surface area (Å²) < 4.78 is 0. The van der Waals surface area contributed by atoms with Gasteiger partial charge in [0, 0.05) is 32.7 Å². The van der Waals surface area contributed by atoms with Gasteiger partial charge in [-0.3, -0.25) is 0 Å². The fourth-order valence-corrected chi connectivity index (χ4v) is 0.527. The van der Waals surface area contributed by atoms with Crippen molar-refractivity contribution in [2.24, 2.45) is 0 Å². The zero-order valence-electron chi connectivity index (χ0n) is 7.33. The number of benzene rings is 1. The van der Waals surface area contributed by atoms with Gasteiger partial charge in [-0.2, -0.15) is 43.0 Å². The maximum atomic E-state index is 4.06. The van der Waals surface area contributed by atoms with Crippen molar-refractivity contribution < 1.29 is 32.7 Å². The third-order valence-electron chi connectivity index (χ3n) is 0.701. The van der Waals surface area contributed by atoms with Crippen LogP contribution in [-0.4, -0.2) is 0 Å². The summed E-state index contributed by atoms with van der Waals surface area (Å²) in [6.45, 7) is 4.00. The summed E-state index contributed by atoms with van der Waals surface area (Å²) in [5.74, 6) is 0. The van der Waals surface area contributed by atoms with E-state index in [0.29, 0.717) is 0 Å². The van der Waals surface area contributed by atoms with Gasteiger partial charge in [0.1, 0.15) is 0 Å². The molecule has 0 amide bonds. The van der Waals surface area contributed by atoms with Crippen LogP contribution in [0.2, 0.25) is 0 Å². The average molecular weight is 243 g/mol. The molecule has 1 radical (unpaired) electrons. The van der Waals surface area contributed by atoms with Crippen LogP contribution in [0, 0.1) is 13.5 Å². The zero-order valence-corrected chi connectivity index (χ0v) is 11.1. The molecule has 0 N–H and O–H groups in total. The zero-order chi connectivity index (χ0) is 7.11. The van der Waals surface area contributed by atoms with Crippen LogP contribution in [0.1, 0.15) is 13.8 Å². The van der Waals surface area contributed by atoms with Crippen LogP contribution in [-0.2, 0) is 32.7 Å². The number of thiol groups is 1. The van der Waals surface area contributed by atoms with Gasteiger partial charge in [0.15, 0.2) is 0 Å². The van der Waals surface area contributed by atoms with Crippen molar-refractivity contribution in [3.05, 3.63) is 37.8 Å². The Hall–Kier alpha value is 0.674. The normalized spacial score (nSPS) is 6.09. The fourth-order valence-electron chi connectivity index (χ4n) is 0.378. The van der Waals surface area contributed by atoms with Gasteiger partial charge in [0.05, 0.1) is 0 Å². The van der Waals surface area contributed by atoms with Crippen LogP contribution in [0.15, 0.2) is 29.2 Å². The Kier molecular flexibility index (Phi) is 21.3. The van der Waals surface area contributed by atoms with E-state index in [9.17, 15) is 0 Å². The van der Waals surface area contributed by atoms with E-state index in [0.717, 1.165) is 4.90 Å². The van der Waals surface area contributed by atoms with E-state index in [2.05, 4.69) is 18.7 Å². The minimum absolute atomic E-state index is 0. The minimum Gasteiger partial charge on any atom is -0.358 e. The minimum atomic E-state index is 0. The van der Waals surface area contributed by atoms with Crippen molar-refractivity contribution in [2.75, 3.05) is 0 Å². The third-order valence-corrected chi connectivity index (χ3v) is 0.999. The monoisotopic (exact) mass is 243 g/mol. The first-order valence-corrected chi connectivity index (χ1v) is 3.49. The molecule has 0 aromatic heterocycles. The summed E-state index contributed by atoms with van der Waals surface area (Å²) in [4.78, 5) is 0.985. The predicted molar refractivity (Wildman–Crippen MR) is 50.3 cm³/mol. The van der Waals surface area contributed by atoms with Crippen LogP contribution >= 0.6 is 12.6 Å². The van der Waals surface area contributed by atoms with Crippen molar-refractivity contribution in [3.63, 3.8) is 0 Å². The summed E-state index contributed by atoms with van der Waals surface area (Å²) >= 11 is 4.06. The SMILES string of the molecule is CC.Sc1cc[c-]cc1.[CH3-].[Y]. The van der Waals surface area contributed by atoms with E-state index in [1.807, 2.05) is 38.1 Å². The Morgan fingerprint density at radius 1 is 1.18 bits per heavy atom. The third kappa shape index (κ3) is 10.7. The molecule has 1 rings (SSSR count). The maximum Gasteiger partial charge on any atom is 0 e. The Morgan fingerprint density at radius 3 is 1.73 bits per heavy atom. The molecule has 0 bridgehead atoms. The molecule has 1 aromatic carbocycles. The van der Waals surface area contributed by atoms with E-state index in [1.54, 1.807) is 0 Å². The molecule has 61 valence electrons. The molecular weight excluding hydrogens is 229 g/mol. The molecule has 0 saturated heterocycles. The van der Waals surface area contributed by atoms with Crippen LogP contribution in [0.4, 0.5) is 0 Å².